The molecule has 0 amide bonds. The Kier molecular flexibility index (Phi) is 8.98. The maximum Gasteiger partial charge on any atom is 0.432 e. The fourth-order valence-corrected chi connectivity index (χ4v) is 4.73. The van der Waals surface area contributed by atoms with Crippen LogP contribution < -0.4 is 4.74 Å². The molecule has 5 aromatic rings. The fourth-order valence-electron chi connectivity index (χ4n) is 4.73. The minimum atomic E-state index is -4.56. The molecule has 0 saturated carbocycles. The topological polar surface area (TPSA) is 35.0 Å². The Bertz CT molecular complexity index is 1750. The highest BCUT2D eigenvalue weighted by Crippen LogP contribution is 2.38. The molecule has 0 aliphatic carbocycles. The molecule has 4 aromatic carbocycles. The van der Waals surface area contributed by atoms with Gasteiger partial charge < -0.3 is 4.74 Å². The van der Waals surface area contributed by atoms with E-state index in [4.69, 9.17) is 0 Å². The first-order valence-electron chi connectivity index (χ1n) is 13.8. The van der Waals surface area contributed by atoms with Crippen LogP contribution in [0, 0.1) is 29.1 Å². The van der Waals surface area contributed by atoms with Gasteiger partial charge in [0.15, 0.2) is 5.82 Å². The van der Waals surface area contributed by atoms with Gasteiger partial charge in [0.25, 0.3) is 0 Å². The van der Waals surface area contributed by atoms with Crippen LogP contribution in [0.2, 0.25) is 0 Å². The lowest BCUT2D eigenvalue weighted by Crippen LogP contribution is -2.25. The molecular formula is C34H25F7N2O. The summed E-state index contributed by atoms with van der Waals surface area (Å²) in [5, 5.41) is 0. The maximum absolute atomic E-state index is 15.1. The summed E-state index contributed by atoms with van der Waals surface area (Å²) < 4.78 is 107. The third-order valence-corrected chi connectivity index (χ3v) is 6.99. The van der Waals surface area contributed by atoms with Gasteiger partial charge in [-0.05, 0) is 72.0 Å². The molecule has 3 nitrogen and oxygen atoms in total. The molecule has 226 valence electrons. The number of unbranched alkanes of at least 4 members (excludes halogenated alkanes) is 2. The van der Waals surface area contributed by atoms with Crippen LogP contribution in [0.1, 0.15) is 37.3 Å². The average Bonchev–Trinajstić information content (AvgIpc) is 2.97. The van der Waals surface area contributed by atoms with Crippen molar-refractivity contribution < 1.29 is 35.5 Å². The standard InChI is InChI=1S/C34H25F7N2O/c1-2-3-4-5-20-18-42-33(43-19-20)22-8-12-27(28(36)14-22)23-15-30(38)32(31(39)16-23)34(40,41)44-25-11-13-26(29(37)17-25)21-6-9-24(35)10-7-21/h6-19H,2-5H2,1H3. The Morgan fingerprint density at radius 1 is 0.636 bits per heavy atom. The third-order valence-electron chi connectivity index (χ3n) is 6.99. The van der Waals surface area contributed by atoms with E-state index >= 15 is 4.39 Å². The molecule has 0 aliphatic rings. The molecule has 0 fully saturated rings. The summed E-state index contributed by atoms with van der Waals surface area (Å²) in [5.41, 5.74) is -0.782. The van der Waals surface area contributed by atoms with E-state index < -0.39 is 46.5 Å². The van der Waals surface area contributed by atoms with Crippen LogP contribution in [0.3, 0.4) is 0 Å². The smallest absolute Gasteiger partial charge is 0.429 e. The summed E-state index contributed by atoms with van der Waals surface area (Å²) in [5.74, 6) is -6.24. The first kappa shape index (κ1) is 30.7. The lowest BCUT2D eigenvalue weighted by atomic mass is 10.00. The molecule has 0 unspecified atom stereocenters. The fraction of sp³-hybridized carbons (Fsp3) is 0.176. The Morgan fingerprint density at radius 2 is 1.20 bits per heavy atom. The van der Waals surface area contributed by atoms with Crippen LogP contribution in [0.4, 0.5) is 30.7 Å². The summed E-state index contributed by atoms with van der Waals surface area (Å²) >= 11 is 0. The zero-order valence-corrected chi connectivity index (χ0v) is 23.4. The number of ether oxygens (including phenoxy) is 1. The van der Waals surface area contributed by atoms with Gasteiger partial charge in [-0.2, -0.15) is 8.78 Å². The van der Waals surface area contributed by atoms with Crippen molar-refractivity contribution in [1.82, 2.24) is 9.97 Å². The summed E-state index contributed by atoms with van der Waals surface area (Å²) in [6.45, 7) is 2.10. The maximum atomic E-state index is 15.1. The number of benzene rings is 4. The largest absolute Gasteiger partial charge is 0.432 e. The highest BCUT2D eigenvalue weighted by atomic mass is 19.3. The van der Waals surface area contributed by atoms with Crippen LogP contribution in [-0.2, 0) is 12.5 Å². The Balaban J connectivity index is 1.35. The van der Waals surface area contributed by atoms with E-state index in [9.17, 15) is 26.3 Å². The number of aryl methyl sites for hydroxylation is 1. The van der Waals surface area contributed by atoms with Crippen molar-refractivity contribution in [2.75, 3.05) is 0 Å². The van der Waals surface area contributed by atoms with E-state index in [1.54, 1.807) is 12.4 Å². The minimum absolute atomic E-state index is 0.0265. The van der Waals surface area contributed by atoms with Crippen molar-refractivity contribution in [2.45, 2.75) is 38.7 Å². The highest BCUT2D eigenvalue weighted by molar-refractivity contribution is 5.69. The van der Waals surface area contributed by atoms with Gasteiger partial charge in [-0.15, -0.1) is 0 Å². The van der Waals surface area contributed by atoms with Crippen molar-refractivity contribution in [3.63, 3.8) is 0 Å². The van der Waals surface area contributed by atoms with Gasteiger partial charge in [0.05, 0.1) is 0 Å². The van der Waals surface area contributed by atoms with E-state index in [-0.39, 0.29) is 28.1 Å². The summed E-state index contributed by atoms with van der Waals surface area (Å²) in [4.78, 5) is 8.54. The van der Waals surface area contributed by atoms with Crippen LogP contribution in [0.25, 0.3) is 33.6 Å². The van der Waals surface area contributed by atoms with Crippen LogP contribution in [0.5, 0.6) is 5.75 Å². The summed E-state index contributed by atoms with van der Waals surface area (Å²) in [6.07, 6.45) is 2.73. The molecule has 1 aromatic heterocycles. The van der Waals surface area contributed by atoms with Crippen molar-refractivity contribution in [2.24, 2.45) is 0 Å². The molecule has 0 saturated heterocycles. The lowest BCUT2D eigenvalue weighted by molar-refractivity contribution is -0.189. The number of hydrogen-bond acceptors (Lipinski definition) is 3. The van der Waals surface area contributed by atoms with Gasteiger partial charge in [-0.1, -0.05) is 44.0 Å². The first-order valence-corrected chi connectivity index (χ1v) is 13.8. The predicted octanol–water partition coefficient (Wildman–Crippen LogP) is 10.0. The molecule has 0 radical (unpaired) electrons. The van der Waals surface area contributed by atoms with Gasteiger partial charge in [0.2, 0.25) is 0 Å². The van der Waals surface area contributed by atoms with E-state index in [1.165, 1.54) is 24.3 Å². The van der Waals surface area contributed by atoms with Crippen molar-refractivity contribution in [3.05, 3.63) is 125 Å². The molecule has 5 rings (SSSR count). The SMILES string of the molecule is CCCCCc1cnc(-c2ccc(-c3cc(F)c(C(F)(F)Oc4ccc(-c5ccc(F)cc5)c(F)c4)c(F)c3)c(F)c2)nc1. The number of alkyl halides is 2. The van der Waals surface area contributed by atoms with Gasteiger partial charge >= 0.3 is 6.11 Å². The third kappa shape index (κ3) is 6.74. The Hall–Kier alpha value is -4.73. The van der Waals surface area contributed by atoms with Crippen LogP contribution in [0.15, 0.2) is 85.2 Å². The molecule has 10 heteroatoms. The second-order valence-corrected chi connectivity index (χ2v) is 10.1. The number of halogens is 7. The Labute approximate surface area is 249 Å². The average molecular weight is 611 g/mol. The Morgan fingerprint density at radius 3 is 1.82 bits per heavy atom. The number of rotatable bonds is 10. The van der Waals surface area contributed by atoms with Crippen LogP contribution in [-0.4, -0.2) is 9.97 Å². The van der Waals surface area contributed by atoms with E-state index in [1.807, 2.05) is 0 Å². The van der Waals surface area contributed by atoms with Crippen LogP contribution >= 0.6 is 0 Å². The van der Waals surface area contributed by atoms with Gasteiger partial charge in [-0.3, -0.25) is 0 Å². The van der Waals surface area contributed by atoms with Crippen molar-refractivity contribution in [3.8, 4) is 39.4 Å². The molecule has 0 atom stereocenters. The normalized spacial score (nSPS) is 11.5. The zero-order chi connectivity index (χ0) is 31.4. The second-order valence-electron chi connectivity index (χ2n) is 10.1. The molecule has 44 heavy (non-hydrogen) atoms. The quantitative estimate of drug-likeness (QED) is 0.117. The minimum Gasteiger partial charge on any atom is -0.429 e. The van der Waals surface area contributed by atoms with Crippen molar-refractivity contribution >= 4 is 0 Å². The number of nitrogens with zero attached hydrogens (tertiary/aromatic N) is 2. The first-order chi connectivity index (χ1) is 21.1. The van der Waals surface area contributed by atoms with Gasteiger partial charge in [0.1, 0.15) is 40.4 Å². The molecule has 0 N–H and O–H groups in total. The monoisotopic (exact) mass is 610 g/mol. The van der Waals surface area contributed by atoms with E-state index in [2.05, 4.69) is 21.6 Å². The van der Waals surface area contributed by atoms with E-state index in [0.29, 0.717) is 23.8 Å². The second kappa shape index (κ2) is 12.9. The molecule has 0 bridgehead atoms. The molecule has 0 spiro atoms. The highest BCUT2D eigenvalue weighted by Gasteiger charge is 2.41. The molecular weight excluding hydrogens is 585 g/mol. The predicted molar refractivity (Wildman–Crippen MR) is 152 cm³/mol. The van der Waals surface area contributed by atoms with Crippen molar-refractivity contribution in [1.29, 1.82) is 0 Å². The summed E-state index contributed by atoms with van der Waals surface area (Å²) in [7, 11) is 0. The summed E-state index contributed by atoms with van der Waals surface area (Å²) in [6, 6.07) is 12.4. The van der Waals surface area contributed by atoms with Gasteiger partial charge in [0, 0.05) is 35.2 Å². The molecule has 0 aliphatic heterocycles. The number of hydrogen-bond donors (Lipinski definition) is 0. The lowest BCUT2D eigenvalue weighted by Gasteiger charge is -2.20. The van der Waals surface area contributed by atoms with E-state index in [0.717, 1.165) is 61.6 Å². The zero-order valence-electron chi connectivity index (χ0n) is 23.4. The van der Waals surface area contributed by atoms with Gasteiger partial charge in [-0.25, -0.2) is 31.9 Å². The number of aromatic nitrogens is 2. The molecule has 1 heterocycles.